The maximum atomic E-state index is 12.0. The van der Waals surface area contributed by atoms with E-state index in [-0.39, 0.29) is 11.0 Å². The first-order valence-electron chi connectivity index (χ1n) is 6.94. The van der Waals surface area contributed by atoms with Crippen molar-refractivity contribution in [2.24, 2.45) is 5.10 Å². The van der Waals surface area contributed by atoms with Crippen molar-refractivity contribution in [1.29, 1.82) is 0 Å². The van der Waals surface area contributed by atoms with Gasteiger partial charge in [-0.3, -0.25) is 0 Å². The summed E-state index contributed by atoms with van der Waals surface area (Å²) in [6.45, 7) is 3.89. The molecule has 2 rings (SSSR count). The van der Waals surface area contributed by atoms with Crippen molar-refractivity contribution in [2.45, 2.75) is 24.8 Å². The summed E-state index contributed by atoms with van der Waals surface area (Å²) in [5.41, 5.74) is 0.750. The van der Waals surface area contributed by atoms with Crippen molar-refractivity contribution < 1.29 is 13.2 Å². The molecule has 0 atom stereocenters. The van der Waals surface area contributed by atoms with Crippen LogP contribution in [0.25, 0.3) is 0 Å². The van der Waals surface area contributed by atoms with Gasteiger partial charge in [0.15, 0.2) is 0 Å². The summed E-state index contributed by atoms with van der Waals surface area (Å²) < 4.78 is 29.6. The van der Waals surface area contributed by atoms with Crippen molar-refractivity contribution >= 4 is 27.8 Å². The van der Waals surface area contributed by atoms with Crippen LogP contribution in [0.2, 0.25) is 5.02 Å². The quantitative estimate of drug-likeness (QED) is 0.639. The molecule has 0 aliphatic heterocycles. The average Bonchev–Trinajstić information content (AvgIpc) is 2.49. The molecule has 0 aromatic heterocycles. The maximum Gasteiger partial charge on any atom is 0.276 e. The summed E-state index contributed by atoms with van der Waals surface area (Å²) >= 11 is 5.74. The standard InChI is InChI=1S/C16H17ClN2O3S/c1-12(2)22-15-7-3-13(4-8-15)11-18-19-23(20,21)16-9-5-14(17)6-10-16/h3-12,19H,1-2H3/b18-11-. The lowest BCUT2D eigenvalue weighted by Crippen LogP contribution is -2.18. The zero-order valence-corrected chi connectivity index (χ0v) is 14.3. The van der Waals surface area contributed by atoms with Gasteiger partial charge in [-0.05, 0) is 67.9 Å². The molecule has 0 amide bonds. The van der Waals surface area contributed by atoms with E-state index < -0.39 is 10.0 Å². The first kappa shape index (κ1) is 17.3. The number of hydrogen-bond donors (Lipinski definition) is 1. The Bertz CT molecular complexity index is 770. The number of sulfonamides is 1. The molecule has 7 heteroatoms. The largest absolute Gasteiger partial charge is 0.491 e. The molecule has 1 N–H and O–H groups in total. The molecule has 0 spiro atoms. The Morgan fingerprint density at radius 1 is 1.09 bits per heavy atom. The normalized spacial score (nSPS) is 11.8. The van der Waals surface area contributed by atoms with Crippen LogP contribution in [0.15, 0.2) is 58.5 Å². The highest BCUT2D eigenvalue weighted by Crippen LogP contribution is 2.14. The van der Waals surface area contributed by atoms with Crippen molar-refractivity contribution in [3.05, 3.63) is 59.1 Å². The third kappa shape index (κ3) is 5.26. The average molecular weight is 353 g/mol. The zero-order valence-electron chi connectivity index (χ0n) is 12.7. The zero-order chi connectivity index (χ0) is 16.9. The molecule has 0 fully saturated rings. The number of rotatable bonds is 6. The van der Waals surface area contributed by atoms with E-state index in [2.05, 4.69) is 9.93 Å². The van der Waals surface area contributed by atoms with Gasteiger partial charge in [0.1, 0.15) is 5.75 Å². The first-order chi connectivity index (χ1) is 10.9. The molecule has 5 nitrogen and oxygen atoms in total. The highest BCUT2D eigenvalue weighted by atomic mass is 35.5. The van der Waals surface area contributed by atoms with Gasteiger partial charge in [0.25, 0.3) is 10.0 Å². The molecular weight excluding hydrogens is 336 g/mol. The topological polar surface area (TPSA) is 67.8 Å². The van der Waals surface area contributed by atoms with Crippen molar-refractivity contribution in [3.8, 4) is 5.75 Å². The number of hydrazone groups is 1. The molecule has 0 aliphatic rings. The minimum Gasteiger partial charge on any atom is -0.491 e. The Kier molecular flexibility index (Phi) is 5.63. The summed E-state index contributed by atoms with van der Waals surface area (Å²) in [5, 5.41) is 4.23. The summed E-state index contributed by atoms with van der Waals surface area (Å²) in [6, 6.07) is 13.0. The fourth-order valence-electron chi connectivity index (χ4n) is 1.74. The Morgan fingerprint density at radius 3 is 2.26 bits per heavy atom. The van der Waals surface area contributed by atoms with Crippen LogP contribution >= 0.6 is 11.6 Å². The van der Waals surface area contributed by atoms with Gasteiger partial charge in [-0.15, -0.1) is 0 Å². The Morgan fingerprint density at radius 2 is 1.70 bits per heavy atom. The molecule has 0 aliphatic carbocycles. The SMILES string of the molecule is CC(C)Oc1ccc(/C=N\NS(=O)(=O)c2ccc(Cl)cc2)cc1. The Hall–Kier alpha value is -2.05. The van der Waals surface area contributed by atoms with Crippen LogP contribution in [0.1, 0.15) is 19.4 Å². The van der Waals surface area contributed by atoms with Gasteiger partial charge >= 0.3 is 0 Å². The first-order valence-corrected chi connectivity index (χ1v) is 8.80. The molecule has 0 bridgehead atoms. The van der Waals surface area contributed by atoms with E-state index >= 15 is 0 Å². The number of nitrogens with one attached hydrogen (secondary N) is 1. The van der Waals surface area contributed by atoms with Gasteiger partial charge in [-0.25, -0.2) is 4.83 Å². The predicted octanol–water partition coefficient (Wildman–Crippen LogP) is 3.44. The third-order valence-electron chi connectivity index (χ3n) is 2.76. The monoisotopic (exact) mass is 352 g/mol. The highest BCUT2D eigenvalue weighted by molar-refractivity contribution is 7.89. The van der Waals surface area contributed by atoms with Crippen molar-refractivity contribution in [1.82, 2.24) is 4.83 Å². The van der Waals surface area contributed by atoms with Gasteiger partial charge < -0.3 is 4.74 Å². The van der Waals surface area contributed by atoms with Crippen molar-refractivity contribution in [3.63, 3.8) is 0 Å². The van der Waals surface area contributed by atoms with E-state index in [9.17, 15) is 8.42 Å². The highest BCUT2D eigenvalue weighted by Gasteiger charge is 2.11. The van der Waals surface area contributed by atoms with Crippen LogP contribution in [-0.2, 0) is 10.0 Å². The molecule has 0 unspecified atom stereocenters. The second-order valence-electron chi connectivity index (χ2n) is 5.04. The fraction of sp³-hybridized carbons (Fsp3) is 0.188. The number of ether oxygens (including phenoxy) is 1. The molecule has 122 valence electrons. The lowest BCUT2D eigenvalue weighted by molar-refractivity contribution is 0.242. The van der Waals surface area contributed by atoms with Gasteiger partial charge in [0.05, 0.1) is 17.2 Å². The molecule has 0 heterocycles. The second kappa shape index (κ2) is 7.48. The Labute approximate surface area is 141 Å². The van der Waals surface area contributed by atoms with E-state index in [1.807, 2.05) is 13.8 Å². The fourth-order valence-corrected chi connectivity index (χ4v) is 2.66. The van der Waals surface area contributed by atoms with Gasteiger partial charge in [0, 0.05) is 5.02 Å². The molecular formula is C16H17ClN2O3S. The van der Waals surface area contributed by atoms with E-state index in [0.717, 1.165) is 11.3 Å². The van der Waals surface area contributed by atoms with Crippen LogP contribution in [0.5, 0.6) is 5.75 Å². The van der Waals surface area contributed by atoms with E-state index in [1.165, 1.54) is 30.5 Å². The smallest absolute Gasteiger partial charge is 0.276 e. The van der Waals surface area contributed by atoms with Gasteiger partial charge in [-0.1, -0.05) is 11.6 Å². The predicted molar refractivity (Wildman–Crippen MR) is 91.6 cm³/mol. The van der Waals surface area contributed by atoms with Crippen LogP contribution in [0, 0.1) is 0 Å². The van der Waals surface area contributed by atoms with Gasteiger partial charge in [0.2, 0.25) is 0 Å². The van der Waals surface area contributed by atoms with E-state index in [1.54, 1.807) is 24.3 Å². The second-order valence-corrected chi connectivity index (χ2v) is 7.14. The van der Waals surface area contributed by atoms with E-state index in [0.29, 0.717) is 5.02 Å². The van der Waals surface area contributed by atoms with Crippen LogP contribution < -0.4 is 9.57 Å². The number of nitrogens with zero attached hydrogens (tertiary/aromatic N) is 1. The number of hydrogen-bond acceptors (Lipinski definition) is 4. The van der Waals surface area contributed by atoms with Crippen LogP contribution in [-0.4, -0.2) is 20.7 Å². The maximum absolute atomic E-state index is 12.0. The lowest BCUT2D eigenvalue weighted by Gasteiger charge is -2.09. The summed E-state index contributed by atoms with van der Waals surface area (Å²) in [7, 11) is -3.70. The number of halogens is 1. The molecule has 0 saturated carbocycles. The van der Waals surface area contributed by atoms with Crippen LogP contribution in [0.3, 0.4) is 0 Å². The molecule has 2 aromatic rings. The number of benzene rings is 2. The minimum atomic E-state index is -3.70. The molecule has 0 saturated heterocycles. The Balaban J connectivity index is 2.01. The molecule has 2 aromatic carbocycles. The van der Waals surface area contributed by atoms with E-state index in [4.69, 9.17) is 16.3 Å². The summed E-state index contributed by atoms with van der Waals surface area (Å²) in [6.07, 6.45) is 1.52. The molecule has 0 radical (unpaired) electrons. The minimum absolute atomic E-state index is 0.0970. The van der Waals surface area contributed by atoms with Gasteiger partial charge in [-0.2, -0.15) is 13.5 Å². The summed E-state index contributed by atoms with van der Waals surface area (Å²) in [5.74, 6) is 0.749. The third-order valence-corrected chi connectivity index (χ3v) is 4.25. The summed E-state index contributed by atoms with van der Waals surface area (Å²) in [4.78, 5) is 2.25. The van der Waals surface area contributed by atoms with Crippen molar-refractivity contribution in [2.75, 3.05) is 0 Å². The van der Waals surface area contributed by atoms with Crippen LogP contribution in [0.4, 0.5) is 0 Å². The molecule has 23 heavy (non-hydrogen) atoms. The lowest BCUT2D eigenvalue weighted by atomic mass is 10.2.